The van der Waals surface area contributed by atoms with Crippen molar-refractivity contribution in [1.82, 2.24) is 5.32 Å². The van der Waals surface area contributed by atoms with E-state index >= 15 is 0 Å². The fourth-order valence-electron chi connectivity index (χ4n) is 2.49. The zero-order chi connectivity index (χ0) is 14.3. The Kier molecular flexibility index (Phi) is 6.41. The van der Waals surface area contributed by atoms with Gasteiger partial charge in [-0.2, -0.15) is 13.2 Å². The van der Waals surface area contributed by atoms with Gasteiger partial charge in [-0.05, 0) is 18.9 Å². The van der Waals surface area contributed by atoms with Gasteiger partial charge in [-0.1, -0.05) is 37.3 Å². The highest BCUT2D eigenvalue weighted by molar-refractivity contribution is 5.83. The van der Waals surface area contributed by atoms with Gasteiger partial charge in [0.05, 0.1) is 0 Å². The Morgan fingerprint density at radius 2 is 1.95 bits per heavy atom. The summed E-state index contributed by atoms with van der Waals surface area (Å²) in [4.78, 5) is 0. The minimum Gasteiger partial charge on any atom is -0.409 e. The van der Waals surface area contributed by atoms with Crippen molar-refractivity contribution in [2.75, 3.05) is 13.1 Å². The molecule has 112 valence electrons. The van der Waals surface area contributed by atoms with Crippen molar-refractivity contribution >= 4 is 5.84 Å². The SMILES string of the molecule is NC(=NO)C(CNCCC1CCCCC1)C(F)(F)F. The Balaban J connectivity index is 2.28. The number of hydrogen-bond donors (Lipinski definition) is 3. The molecule has 0 aromatic heterocycles. The van der Waals surface area contributed by atoms with E-state index in [0.717, 1.165) is 6.42 Å². The van der Waals surface area contributed by atoms with Crippen LogP contribution in [0, 0.1) is 11.8 Å². The van der Waals surface area contributed by atoms with E-state index in [-0.39, 0.29) is 6.54 Å². The molecular weight excluding hydrogens is 259 g/mol. The van der Waals surface area contributed by atoms with Crippen LogP contribution in [0.3, 0.4) is 0 Å². The van der Waals surface area contributed by atoms with Crippen LogP contribution in [0.2, 0.25) is 0 Å². The summed E-state index contributed by atoms with van der Waals surface area (Å²) in [5.74, 6) is -2.10. The molecule has 0 aromatic rings. The normalized spacial score (nSPS) is 20.5. The fraction of sp³-hybridized carbons (Fsp3) is 0.917. The zero-order valence-corrected chi connectivity index (χ0v) is 10.9. The first kappa shape index (κ1) is 16.1. The summed E-state index contributed by atoms with van der Waals surface area (Å²) in [6, 6.07) is 0. The van der Waals surface area contributed by atoms with Gasteiger partial charge in [0.2, 0.25) is 0 Å². The Bertz CT molecular complexity index is 288. The number of halogens is 3. The lowest BCUT2D eigenvalue weighted by molar-refractivity contribution is -0.154. The first-order valence-electron chi connectivity index (χ1n) is 6.70. The van der Waals surface area contributed by atoms with Crippen LogP contribution in [0.1, 0.15) is 38.5 Å². The molecule has 0 heterocycles. The topological polar surface area (TPSA) is 70.6 Å². The summed E-state index contributed by atoms with van der Waals surface area (Å²) in [5.41, 5.74) is 5.07. The molecule has 19 heavy (non-hydrogen) atoms. The average Bonchev–Trinajstić information content (AvgIpc) is 2.37. The second-order valence-electron chi connectivity index (χ2n) is 5.12. The molecular formula is C12H22F3N3O. The quantitative estimate of drug-likeness (QED) is 0.230. The van der Waals surface area contributed by atoms with Gasteiger partial charge in [0.1, 0.15) is 5.92 Å². The Labute approximate surface area is 111 Å². The second-order valence-corrected chi connectivity index (χ2v) is 5.12. The van der Waals surface area contributed by atoms with Gasteiger partial charge in [0.25, 0.3) is 0 Å². The summed E-state index contributed by atoms with van der Waals surface area (Å²) in [6.45, 7) is 0.196. The average molecular weight is 281 g/mol. The molecule has 1 atom stereocenters. The number of rotatable bonds is 6. The molecule has 4 N–H and O–H groups in total. The fourth-order valence-corrected chi connectivity index (χ4v) is 2.49. The van der Waals surface area contributed by atoms with Crippen molar-refractivity contribution < 1.29 is 18.4 Å². The van der Waals surface area contributed by atoms with Crippen LogP contribution >= 0.6 is 0 Å². The van der Waals surface area contributed by atoms with Gasteiger partial charge in [-0.15, -0.1) is 0 Å². The summed E-state index contributed by atoms with van der Waals surface area (Å²) in [5, 5.41) is 13.6. The van der Waals surface area contributed by atoms with E-state index < -0.39 is 17.9 Å². The highest BCUT2D eigenvalue weighted by Gasteiger charge is 2.42. The van der Waals surface area contributed by atoms with Crippen LogP contribution in [0.15, 0.2) is 5.16 Å². The van der Waals surface area contributed by atoms with E-state index in [2.05, 4.69) is 10.5 Å². The van der Waals surface area contributed by atoms with Crippen molar-refractivity contribution in [1.29, 1.82) is 0 Å². The minimum absolute atomic E-state index is 0.341. The molecule has 0 radical (unpaired) electrons. The molecule has 1 rings (SSSR count). The van der Waals surface area contributed by atoms with Crippen LogP contribution in [-0.4, -0.2) is 30.3 Å². The van der Waals surface area contributed by atoms with Gasteiger partial charge in [-0.25, -0.2) is 0 Å². The van der Waals surface area contributed by atoms with Crippen LogP contribution in [-0.2, 0) is 0 Å². The standard InChI is InChI=1S/C12H22F3N3O/c13-12(14,15)10(11(16)18-19)8-17-7-6-9-4-2-1-3-5-9/h9-10,17,19H,1-8H2,(H2,16,18). The van der Waals surface area contributed by atoms with Gasteiger partial charge >= 0.3 is 6.18 Å². The highest BCUT2D eigenvalue weighted by atomic mass is 19.4. The van der Waals surface area contributed by atoms with Gasteiger partial charge in [0.15, 0.2) is 5.84 Å². The lowest BCUT2D eigenvalue weighted by Crippen LogP contribution is -2.43. The van der Waals surface area contributed by atoms with E-state index in [9.17, 15) is 13.2 Å². The molecule has 1 fully saturated rings. The van der Waals surface area contributed by atoms with Crippen LogP contribution in [0.4, 0.5) is 13.2 Å². The lowest BCUT2D eigenvalue weighted by Gasteiger charge is -2.23. The molecule has 0 amide bonds. The van der Waals surface area contributed by atoms with Crippen LogP contribution < -0.4 is 11.1 Å². The van der Waals surface area contributed by atoms with Gasteiger partial charge in [0, 0.05) is 6.54 Å². The summed E-state index contributed by atoms with van der Waals surface area (Å²) in [7, 11) is 0. The van der Waals surface area contributed by atoms with Crippen molar-refractivity contribution in [3.63, 3.8) is 0 Å². The number of alkyl halides is 3. The summed E-state index contributed by atoms with van der Waals surface area (Å²) >= 11 is 0. The lowest BCUT2D eigenvalue weighted by atomic mass is 9.87. The molecule has 0 bridgehead atoms. The molecule has 0 aromatic carbocycles. The first-order chi connectivity index (χ1) is 8.95. The molecule has 0 spiro atoms. The smallest absolute Gasteiger partial charge is 0.400 e. The van der Waals surface area contributed by atoms with E-state index in [1.807, 2.05) is 0 Å². The van der Waals surface area contributed by atoms with Crippen molar-refractivity contribution in [2.24, 2.45) is 22.7 Å². The number of nitrogens with one attached hydrogen (secondary N) is 1. The maximum absolute atomic E-state index is 12.6. The first-order valence-corrected chi connectivity index (χ1v) is 6.70. The third-order valence-corrected chi connectivity index (χ3v) is 3.67. The monoisotopic (exact) mass is 281 g/mol. The molecule has 0 aliphatic heterocycles. The number of nitrogens with zero attached hydrogens (tertiary/aromatic N) is 1. The van der Waals surface area contributed by atoms with E-state index in [0.29, 0.717) is 12.5 Å². The Morgan fingerprint density at radius 3 is 2.47 bits per heavy atom. The van der Waals surface area contributed by atoms with Crippen LogP contribution in [0.25, 0.3) is 0 Å². The van der Waals surface area contributed by atoms with E-state index in [1.165, 1.54) is 32.1 Å². The van der Waals surface area contributed by atoms with E-state index in [4.69, 9.17) is 10.9 Å². The third-order valence-electron chi connectivity index (χ3n) is 3.67. The third kappa shape index (κ3) is 5.67. The zero-order valence-electron chi connectivity index (χ0n) is 10.9. The minimum atomic E-state index is -4.49. The maximum Gasteiger partial charge on any atom is 0.400 e. The molecule has 1 aliphatic carbocycles. The predicted octanol–water partition coefficient (Wildman–Crippen LogP) is 2.47. The molecule has 1 unspecified atom stereocenters. The molecule has 0 saturated heterocycles. The second kappa shape index (κ2) is 7.57. The maximum atomic E-state index is 12.6. The molecule has 1 aliphatic rings. The summed E-state index contributed by atoms with van der Waals surface area (Å²) in [6.07, 6.45) is 2.45. The number of oxime groups is 1. The molecule has 1 saturated carbocycles. The van der Waals surface area contributed by atoms with Crippen molar-refractivity contribution in [3.05, 3.63) is 0 Å². The van der Waals surface area contributed by atoms with Gasteiger partial charge in [-0.3, -0.25) is 0 Å². The van der Waals surface area contributed by atoms with Gasteiger partial charge < -0.3 is 16.3 Å². The molecule has 7 heteroatoms. The summed E-state index contributed by atoms with van der Waals surface area (Å²) < 4.78 is 37.9. The highest BCUT2D eigenvalue weighted by Crippen LogP contribution is 2.27. The van der Waals surface area contributed by atoms with Crippen molar-refractivity contribution in [2.45, 2.75) is 44.7 Å². The Morgan fingerprint density at radius 1 is 1.32 bits per heavy atom. The Hall–Kier alpha value is -0.980. The number of nitrogens with two attached hydrogens (primary N) is 1. The van der Waals surface area contributed by atoms with Crippen molar-refractivity contribution in [3.8, 4) is 0 Å². The number of amidine groups is 1. The van der Waals surface area contributed by atoms with Crippen LogP contribution in [0.5, 0.6) is 0 Å². The largest absolute Gasteiger partial charge is 0.409 e. The number of hydrogen-bond acceptors (Lipinski definition) is 3. The predicted molar refractivity (Wildman–Crippen MR) is 67.0 cm³/mol. The van der Waals surface area contributed by atoms with E-state index in [1.54, 1.807) is 0 Å². The molecule has 4 nitrogen and oxygen atoms in total.